The quantitative estimate of drug-likeness (QED) is 0.477. The Labute approximate surface area is 43.2 Å². The summed E-state index contributed by atoms with van der Waals surface area (Å²) in [6, 6.07) is 0. The number of nitrogens with one attached hydrogen (secondary N) is 1. The molecule has 0 radical (unpaired) electrons. The van der Waals surface area contributed by atoms with Gasteiger partial charge in [-0.15, -0.1) is 0 Å². The van der Waals surface area contributed by atoms with Crippen LogP contribution < -0.4 is 10.6 Å². The molecule has 0 saturated heterocycles. The van der Waals surface area contributed by atoms with Crippen LogP contribution >= 0.6 is 11.5 Å². The van der Waals surface area contributed by atoms with Crippen molar-refractivity contribution in [1.29, 1.82) is 0 Å². The second-order valence-corrected chi connectivity index (χ2v) is 1.72. The van der Waals surface area contributed by atoms with Crippen molar-refractivity contribution in [3.05, 3.63) is 9.67 Å². The van der Waals surface area contributed by atoms with E-state index in [1.54, 1.807) is 0 Å². The van der Waals surface area contributed by atoms with Crippen LogP contribution in [0, 0.1) is 0 Å². The molecule has 4 nitrogen and oxygen atoms in total. The minimum Gasteiger partial charge on any atom is -0.369 e. The summed E-state index contributed by atoms with van der Waals surface area (Å²) in [6.45, 7) is 0. The van der Waals surface area contributed by atoms with Gasteiger partial charge in [0, 0.05) is 11.5 Å². The van der Waals surface area contributed by atoms with Crippen LogP contribution in [0.2, 0.25) is 0 Å². The molecule has 1 aromatic rings. The highest BCUT2D eigenvalue weighted by Crippen LogP contribution is 1.82. The molecule has 0 amide bonds. The van der Waals surface area contributed by atoms with Gasteiger partial charge in [0.05, 0.1) is 0 Å². The van der Waals surface area contributed by atoms with Crippen molar-refractivity contribution < 1.29 is 0 Å². The number of hydrogen-bond acceptors (Lipinski definition) is 4. The van der Waals surface area contributed by atoms with Crippen LogP contribution in [0.3, 0.4) is 0 Å². The fourth-order valence-corrected chi connectivity index (χ4v) is 0.618. The molecule has 0 saturated carbocycles. The summed E-state index contributed by atoms with van der Waals surface area (Å²) in [7, 11) is 0. The van der Waals surface area contributed by atoms with E-state index in [9.17, 15) is 4.79 Å². The molecule has 0 bridgehead atoms. The van der Waals surface area contributed by atoms with Crippen LogP contribution in [0.4, 0.5) is 5.95 Å². The van der Waals surface area contributed by atoms with Crippen LogP contribution in [0.25, 0.3) is 0 Å². The molecular formula is C2H3N3OS. The van der Waals surface area contributed by atoms with Crippen LogP contribution in [0.15, 0.2) is 4.79 Å². The number of hydrogen-bond donors (Lipinski definition) is 2. The number of aromatic nitrogens is 2. The van der Waals surface area contributed by atoms with Crippen molar-refractivity contribution >= 4 is 17.5 Å². The Kier molecular flexibility index (Phi) is 0.828. The molecule has 38 valence electrons. The normalized spacial score (nSPS) is 9.14. The fraction of sp³-hybridized carbons (Fsp3) is 0. The van der Waals surface area contributed by atoms with E-state index in [0.717, 1.165) is 11.5 Å². The van der Waals surface area contributed by atoms with Gasteiger partial charge in [-0.2, -0.15) is 4.37 Å². The molecular weight excluding hydrogens is 114 g/mol. The third-order valence-electron chi connectivity index (χ3n) is 0.457. The van der Waals surface area contributed by atoms with E-state index >= 15 is 0 Å². The summed E-state index contributed by atoms with van der Waals surface area (Å²) in [5, 5.41) is 0. The van der Waals surface area contributed by atoms with Gasteiger partial charge in [0.15, 0.2) is 0 Å². The highest BCUT2D eigenvalue weighted by atomic mass is 32.1. The molecule has 0 aliphatic carbocycles. The maximum atomic E-state index is 10.1. The van der Waals surface area contributed by atoms with Gasteiger partial charge < -0.3 is 5.73 Å². The van der Waals surface area contributed by atoms with Gasteiger partial charge in [-0.05, 0) is 0 Å². The molecule has 1 heterocycles. The molecule has 0 aliphatic heterocycles. The number of rotatable bonds is 0. The minimum absolute atomic E-state index is 0.190. The Morgan fingerprint density at radius 1 is 1.86 bits per heavy atom. The summed E-state index contributed by atoms with van der Waals surface area (Å²) in [4.78, 5) is 12.2. The molecule has 1 aromatic heterocycles. The van der Waals surface area contributed by atoms with Gasteiger partial charge in [-0.3, -0.25) is 9.78 Å². The van der Waals surface area contributed by atoms with E-state index < -0.39 is 0 Å². The maximum Gasteiger partial charge on any atom is 0.325 e. The summed E-state index contributed by atoms with van der Waals surface area (Å²) in [5.74, 6) is 0.190. The third-order valence-corrected chi connectivity index (χ3v) is 1.01. The highest BCUT2D eigenvalue weighted by Gasteiger charge is 1.85. The van der Waals surface area contributed by atoms with E-state index in [1.165, 1.54) is 0 Å². The fourth-order valence-electron chi connectivity index (χ4n) is 0.241. The van der Waals surface area contributed by atoms with Crippen molar-refractivity contribution in [2.75, 3.05) is 5.73 Å². The lowest BCUT2D eigenvalue weighted by Crippen LogP contribution is -1.94. The van der Waals surface area contributed by atoms with Crippen LogP contribution in [-0.4, -0.2) is 9.36 Å². The van der Waals surface area contributed by atoms with Crippen LogP contribution in [-0.2, 0) is 0 Å². The molecule has 0 unspecified atom stereocenters. The molecule has 0 aromatic carbocycles. The van der Waals surface area contributed by atoms with Crippen molar-refractivity contribution in [1.82, 2.24) is 9.36 Å². The number of nitrogen functional groups attached to an aromatic ring is 1. The molecule has 0 fully saturated rings. The SMILES string of the molecule is Nc1nsc(=O)[nH]1. The van der Waals surface area contributed by atoms with Gasteiger partial charge in [0.1, 0.15) is 0 Å². The van der Waals surface area contributed by atoms with Gasteiger partial charge >= 0.3 is 4.87 Å². The summed E-state index contributed by atoms with van der Waals surface area (Å²) in [6.07, 6.45) is 0. The molecule has 1 rings (SSSR count). The molecule has 7 heavy (non-hydrogen) atoms. The van der Waals surface area contributed by atoms with E-state index in [2.05, 4.69) is 9.36 Å². The van der Waals surface area contributed by atoms with Crippen molar-refractivity contribution in [3.8, 4) is 0 Å². The lowest BCUT2D eigenvalue weighted by Gasteiger charge is -1.68. The zero-order valence-corrected chi connectivity index (χ0v) is 4.16. The molecule has 0 spiro atoms. The largest absolute Gasteiger partial charge is 0.369 e. The third kappa shape index (κ3) is 0.774. The average Bonchev–Trinajstić information content (AvgIpc) is 1.87. The predicted octanol–water partition coefficient (Wildman–Crippen LogP) is -0.586. The summed E-state index contributed by atoms with van der Waals surface area (Å²) >= 11 is 0.818. The Bertz CT molecular complexity index is 201. The predicted molar refractivity (Wildman–Crippen MR) is 27.1 cm³/mol. The van der Waals surface area contributed by atoms with E-state index in [4.69, 9.17) is 5.73 Å². The van der Waals surface area contributed by atoms with Crippen LogP contribution in [0.1, 0.15) is 0 Å². The zero-order valence-electron chi connectivity index (χ0n) is 3.34. The highest BCUT2D eigenvalue weighted by molar-refractivity contribution is 7.03. The lowest BCUT2D eigenvalue weighted by molar-refractivity contribution is 1.30. The average molecular weight is 117 g/mol. The van der Waals surface area contributed by atoms with Gasteiger partial charge in [-0.25, -0.2) is 0 Å². The Balaban J connectivity index is 3.30. The molecule has 3 N–H and O–H groups in total. The van der Waals surface area contributed by atoms with Crippen LogP contribution in [0.5, 0.6) is 0 Å². The lowest BCUT2D eigenvalue weighted by atomic mass is 11.1. The Morgan fingerprint density at radius 2 is 2.57 bits per heavy atom. The van der Waals surface area contributed by atoms with E-state index in [-0.39, 0.29) is 10.8 Å². The zero-order chi connectivity index (χ0) is 5.28. The monoisotopic (exact) mass is 117 g/mol. The Morgan fingerprint density at radius 3 is 2.71 bits per heavy atom. The second kappa shape index (κ2) is 1.34. The topological polar surface area (TPSA) is 71.8 Å². The number of nitrogens with two attached hydrogens (primary N) is 1. The first-order valence-corrected chi connectivity index (χ1v) is 2.38. The van der Waals surface area contributed by atoms with Crippen molar-refractivity contribution in [3.63, 3.8) is 0 Å². The Hall–Kier alpha value is -0.840. The maximum absolute atomic E-state index is 10.1. The minimum atomic E-state index is -0.211. The van der Waals surface area contributed by atoms with Gasteiger partial charge in [0.25, 0.3) is 0 Å². The molecule has 0 aliphatic rings. The smallest absolute Gasteiger partial charge is 0.325 e. The standard InChI is InChI=1S/C2H3N3OS/c3-1-4-2(6)7-5-1/h(H3,3,4,5,6). The number of anilines is 1. The van der Waals surface area contributed by atoms with Crippen molar-refractivity contribution in [2.24, 2.45) is 0 Å². The number of H-pyrrole nitrogens is 1. The first-order chi connectivity index (χ1) is 3.29. The van der Waals surface area contributed by atoms with E-state index in [0.29, 0.717) is 0 Å². The van der Waals surface area contributed by atoms with Gasteiger partial charge in [0.2, 0.25) is 5.95 Å². The summed E-state index contributed by atoms with van der Waals surface area (Å²) < 4.78 is 3.47. The number of nitrogens with zero attached hydrogens (tertiary/aromatic N) is 1. The summed E-state index contributed by atoms with van der Waals surface area (Å²) in [5.41, 5.74) is 5.02. The first-order valence-electron chi connectivity index (χ1n) is 1.60. The van der Waals surface area contributed by atoms with Gasteiger partial charge in [-0.1, -0.05) is 0 Å². The second-order valence-electron chi connectivity index (χ2n) is 0.980. The van der Waals surface area contributed by atoms with Crippen molar-refractivity contribution in [2.45, 2.75) is 0 Å². The first kappa shape index (κ1) is 4.32. The molecule has 0 atom stereocenters. The van der Waals surface area contributed by atoms with E-state index in [1.807, 2.05) is 0 Å². The molecule has 5 heteroatoms. The number of aromatic amines is 1.